The molecule has 2 aromatic carbocycles. The third-order valence-corrected chi connectivity index (χ3v) is 11.1. The lowest BCUT2D eigenvalue weighted by molar-refractivity contribution is 0.0208. The molecule has 7 rings (SSSR count). The van der Waals surface area contributed by atoms with Gasteiger partial charge in [0.15, 0.2) is 0 Å². The number of fused-ring (bicyclic) bond motifs is 2. The zero-order valence-electron chi connectivity index (χ0n) is 28.3. The Kier molecular flexibility index (Phi) is 8.52. The summed E-state index contributed by atoms with van der Waals surface area (Å²) in [6.45, 7) is 12.7. The van der Waals surface area contributed by atoms with Crippen LogP contribution in [0.5, 0.6) is 0 Å². The van der Waals surface area contributed by atoms with E-state index in [1.807, 2.05) is 53.9 Å². The van der Waals surface area contributed by atoms with Gasteiger partial charge in [-0.05, 0) is 91.5 Å². The molecule has 0 unspecified atom stereocenters. The number of aromatic amines is 2. The van der Waals surface area contributed by atoms with Gasteiger partial charge in [-0.25, -0.2) is 19.6 Å². The smallest absolute Gasteiger partial charge is 0.410 e. The summed E-state index contributed by atoms with van der Waals surface area (Å²) in [4.78, 5) is 50.4. The molecular formula is C36H42N6O4S2. The summed E-state index contributed by atoms with van der Waals surface area (Å²) in [7, 11) is 0. The van der Waals surface area contributed by atoms with Crippen molar-refractivity contribution >= 4 is 35.7 Å². The maximum absolute atomic E-state index is 12.8. The monoisotopic (exact) mass is 686 g/mol. The van der Waals surface area contributed by atoms with Gasteiger partial charge in [-0.15, -0.1) is 0 Å². The molecule has 0 aliphatic carbocycles. The molecule has 0 saturated carbocycles. The molecule has 2 aromatic heterocycles. The van der Waals surface area contributed by atoms with Crippen LogP contribution in [0, 0.1) is 0 Å². The molecule has 4 aromatic rings. The van der Waals surface area contributed by atoms with Gasteiger partial charge >= 0.3 is 12.2 Å². The van der Waals surface area contributed by atoms with Crippen LogP contribution in [-0.4, -0.2) is 66.2 Å². The lowest BCUT2D eigenvalue weighted by Gasteiger charge is -2.27. The van der Waals surface area contributed by atoms with Crippen molar-refractivity contribution in [2.75, 3.05) is 13.1 Å². The molecule has 10 nitrogen and oxygen atoms in total. The summed E-state index contributed by atoms with van der Waals surface area (Å²) >= 11 is 3.52. The van der Waals surface area contributed by atoms with Gasteiger partial charge in [-0.3, -0.25) is 9.80 Å². The van der Waals surface area contributed by atoms with Crippen LogP contribution in [0.1, 0.15) is 91.0 Å². The molecule has 2 amide bonds. The van der Waals surface area contributed by atoms with Crippen molar-refractivity contribution in [1.82, 2.24) is 29.7 Å². The third kappa shape index (κ3) is 6.82. The van der Waals surface area contributed by atoms with E-state index in [-0.39, 0.29) is 24.3 Å². The van der Waals surface area contributed by atoms with E-state index in [2.05, 4.69) is 46.4 Å². The predicted molar refractivity (Wildman–Crippen MR) is 186 cm³/mol. The molecule has 2 atom stereocenters. The first-order valence-electron chi connectivity index (χ1n) is 16.5. The largest absolute Gasteiger partial charge is 0.444 e. The summed E-state index contributed by atoms with van der Waals surface area (Å²) in [6, 6.07) is 12.8. The number of hydrogen-bond acceptors (Lipinski definition) is 8. The van der Waals surface area contributed by atoms with Crippen molar-refractivity contribution in [3.05, 3.63) is 60.4 Å². The van der Waals surface area contributed by atoms with E-state index in [9.17, 15) is 9.59 Å². The Bertz CT molecular complexity index is 1720. The number of benzene rings is 2. The number of rotatable bonds is 4. The van der Waals surface area contributed by atoms with Crippen LogP contribution >= 0.6 is 23.5 Å². The SMILES string of the molecule is CC(C)(C)OC(=O)N1CCC[C@H]1c1ncc(-c2ccc3c(c2)Sc2ccc(-c4cnc([C@@H]5CCCN5C(=O)OC(C)(C)C)[nH]4)cc2S3)[nH]1. The molecule has 2 N–H and O–H groups in total. The van der Waals surface area contributed by atoms with E-state index >= 15 is 0 Å². The van der Waals surface area contributed by atoms with E-state index in [1.165, 1.54) is 19.6 Å². The van der Waals surface area contributed by atoms with Crippen molar-refractivity contribution in [2.45, 2.75) is 110 Å². The van der Waals surface area contributed by atoms with Gasteiger partial charge in [0.1, 0.15) is 22.9 Å². The van der Waals surface area contributed by atoms with Gasteiger partial charge in [-0.1, -0.05) is 35.7 Å². The Hall–Kier alpha value is -3.90. The second-order valence-corrected chi connectivity index (χ2v) is 16.7. The number of nitrogens with zero attached hydrogens (tertiary/aromatic N) is 4. The lowest BCUT2D eigenvalue weighted by Crippen LogP contribution is -2.36. The van der Waals surface area contributed by atoms with E-state index in [0.717, 1.165) is 59.8 Å². The quantitative estimate of drug-likeness (QED) is 0.192. The van der Waals surface area contributed by atoms with Crippen LogP contribution in [0.15, 0.2) is 68.4 Å². The molecule has 5 heterocycles. The van der Waals surface area contributed by atoms with Crippen molar-refractivity contribution in [3.8, 4) is 22.5 Å². The van der Waals surface area contributed by atoms with Crippen molar-refractivity contribution < 1.29 is 19.1 Å². The van der Waals surface area contributed by atoms with E-state index in [0.29, 0.717) is 13.1 Å². The Morgan fingerprint density at radius 3 is 1.50 bits per heavy atom. The van der Waals surface area contributed by atoms with Crippen molar-refractivity contribution in [1.29, 1.82) is 0 Å². The third-order valence-electron chi connectivity index (χ3n) is 8.53. The van der Waals surface area contributed by atoms with Crippen molar-refractivity contribution in [3.63, 3.8) is 0 Å². The first kappa shape index (κ1) is 32.6. The van der Waals surface area contributed by atoms with Crippen molar-refractivity contribution in [2.24, 2.45) is 0 Å². The fourth-order valence-corrected chi connectivity index (χ4v) is 8.68. The number of ether oxygens (including phenoxy) is 2. The number of carbonyl (C=O) groups is 2. The van der Waals surface area contributed by atoms with E-state index in [4.69, 9.17) is 19.4 Å². The van der Waals surface area contributed by atoms with Gasteiger partial charge in [0.05, 0.1) is 35.9 Å². The average molecular weight is 687 g/mol. The number of nitrogens with one attached hydrogen (secondary N) is 2. The highest BCUT2D eigenvalue weighted by Gasteiger charge is 2.36. The minimum absolute atomic E-state index is 0.120. The number of amides is 2. The number of hydrogen-bond donors (Lipinski definition) is 2. The van der Waals surface area contributed by atoms with Crippen LogP contribution in [0.4, 0.5) is 9.59 Å². The zero-order valence-corrected chi connectivity index (χ0v) is 29.9. The second kappa shape index (κ2) is 12.5. The fraction of sp³-hybridized carbons (Fsp3) is 0.444. The molecule has 0 spiro atoms. The van der Waals surface area contributed by atoms with E-state index < -0.39 is 11.2 Å². The molecule has 0 radical (unpaired) electrons. The summed E-state index contributed by atoms with van der Waals surface area (Å²) in [6.07, 6.45) is 6.68. The molecule has 2 fully saturated rings. The highest BCUT2D eigenvalue weighted by molar-refractivity contribution is 8.05. The Labute approximate surface area is 289 Å². The Balaban J connectivity index is 1.05. The van der Waals surface area contributed by atoms with Crippen LogP contribution in [0.3, 0.4) is 0 Å². The zero-order chi connectivity index (χ0) is 33.8. The maximum atomic E-state index is 12.8. The molecular weight excluding hydrogens is 645 g/mol. The molecule has 3 aliphatic heterocycles. The van der Waals surface area contributed by atoms with Gasteiger partial charge < -0.3 is 19.4 Å². The molecule has 2 saturated heterocycles. The Morgan fingerprint density at radius 1 is 0.688 bits per heavy atom. The standard InChI is InChI=1S/C36H42N6O4S2/c1-35(2,3)45-33(43)41-15-7-9-25(41)31-37-19-23(39-31)21-11-13-27-29(17-21)47-28-14-12-22(18-30(28)48-27)24-20-38-32(40-24)26-10-8-16-42(26)34(44)46-36(4,5)6/h11-14,17-20,25-26H,7-10,15-16H2,1-6H3,(H,37,39)(H,38,40)/t25-,26-/m0/s1. The van der Waals surface area contributed by atoms with Crippen LogP contribution in [0.25, 0.3) is 22.5 Å². The van der Waals surface area contributed by atoms with Crippen LogP contribution in [0.2, 0.25) is 0 Å². The van der Waals surface area contributed by atoms with E-state index in [1.54, 1.807) is 33.3 Å². The molecule has 48 heavy (non-hydrogen) atoms. The van der Waals surface area contributed by atoms with Gasteiger partial charge in [0, 0.05) is 43.8 Å². The summed E-state index contributed by atoms with van der Waals surface area (Å²) < 4.78 is 11.3. The molecule has 3 aliphatic rings. The van der Waals surface area contributed by atoms with Gasteiger partial charge in [0.2, 0.25) is 0 Å². The number of H-pyrrole nitrogens is 2. The summed E-state index contributed by atoms with van der Waals surface area (Å²) in [5.74, 6) is 1.58. The lowest BCUT2D eigenvalue weighted by atomic mass is 10.1. The normalized spacial score (nSPS) is 19.3. The first-order chi connectivity index (χ1) is 22.8. The molecule has 0 bridgehead atoms. The maximum Gasteiger partial charge on any atom is 0.410 e. The highest BCUT2D eigenvalue weighted by atomic mass is 32.2. The minimum Gasteiger partial charge on any atom is -0.444 e. The van der Waals surface area contributed by atoms with Gasteiger partial charge in [-0.2, -0.15) is 0 Å². The second-order valence-electron chi connectivity index (χ2n) is 14.6. The Morgan fingerprint density at radius 2 is 1.10 bits per heavy atom. The predicted octanol–water partition coefficient (Wildman–Crippen LogP) is 9.23. The minimum atomic E-state index is -0.539. The molecule has 12 heteroatoms. The number of carbonyl (C=O) groups excluding carboxylic acids is 2. The summed E-state index contributed by atoms with van der Waals surface area (Å²) in [5, 5.41) is 0. The molecule has 252 valence electrons. The fourth-order valence-electron chi connectivity index (χ4n) is 6.40. The number of imidazole rings is 2. The van der Waals surface area contributed by atoms with Crippen LogP contribution in [-0.2, 0) is 9.47 Å². The topological polar surface area (TPSA) is 116 Å². The first-order valence-corrected chi connectivity index (χ1v) is 18.2. The van der Waals surface area contributed by atoms with Crippen LogP contribution < -0.4 is 0 Å². The average Bonchev–Trinajstić information content (AvgIpc) is 3.83. The van der Waals surface area contributed by atoms with Gasteiger partial charge in [0.25, 0.3) is 0 Å². The summed E-state index contributed by atoms with van der Waals surface area (Å²) in [5.41, 5.74) is 2.89. The number of likely N-dealkylation sites (tertiary alicyclic amines) is 2. The highest BCUT2D eigenvalue weighted by Crippen LogP contribution is 2.50. The number of aromatic nitrogens is 4.